The molecule has 0 aliphatic carbocycles. The van der Waals surface area contributed by atoms with Crippen molar-refractivity contribution in [3.63, 3.8) is 0 Å². The van der Waals surface area contributed by atoms with Gasteiger partial charge in [0.05, 0.1) is 5.56 Å². The average Bonchev–Trinajstić information content (AvgIpc) is 3.05. The number of hydrogen-bond acceptors (Lipinski definition) is 3. The van der Waals surface area contributed by atoms with Gasteiger partial charge in [-0.05, 0) is 43.3 Å². The van der Waals surface area contributed by atoms with Crippen molar-refractivity contribution in [1.29, 1.82) is 0 Å². The van der Waals surface area contributed by atoms with E-state index in [0.717, 1.165) is 35.2 Å². The Bertz CT molecular complexity index is 945. The number of alkyl halides is 3. The number of hydrogen-bond donors (Lipinski definition) is 2. The molecule has 3 aromatic rings. The predicted molar refractivity (Wildman–Crippen MR) is 93.2 cm³/mol. The summed E-state index contributed by atoms with van der Waals surface area (Å²) >= 11 is 0. The number of benzene rings is 2. The number of carbonyl (C=O) groups excluding carboxylic acids is 2. The normalized spacial score (nSPS) is 12.6. The van der Waals surface area contributed by atoms with Crippen LogP contribution in [-0.2, 0) is 15.7 Å². The van der Waals surface area contributed by atoms with Gasteiger partial charge in [-0.1, -0.05) is 18.2 Å². The zero-order valence-corrected chi connectivity index (χ0v) is 14.1. The van der Waals surface area contributed by atoms with E-state index in [1.54, 1.807) is 12.1 Å². The lowest BCUT2D eigenvalue weighted by molar-refractivity contribution is -0.137. The molecule has 140 valence electrons. The standard InChI is InChI=1S/C19H15F3N2O3/c1-11(17(25)23-14-8-6-13(7-9-14)19(20,21)22)27-18(26)16-10-12-4-2-3-5-15(12)24-16/h2-11,24H,1H3,(H,23,25)/t11-/m1/s1. The highest BCUT2D eigenvalue weighted by atomic mass is 19.4. The number of carbonyl (C=O) groups is 2. The number of ether oxygens (including phenoxy) is 1. The molecule has 1 atom stereocenters. The fourth-order valence-corrected chi connectivity index (χ4v) is 2.45. The van der Waals surface area contributed by atoms with Crippen molar-refractivity contribution in [1.82, 2.24) is 4.98 Å². The minimum atomic E-state index is -4.45. The fourth-order valence-electron chi connectivity index (χ4n) is 2.45. The zero-order chi connectivity index (χ0) is 19.6. The van der Waals surface area contributed by atoms with Gasteiger partial charge < -0.3 is 15.0 Å². The molecule has 3 rings (SSSR count). The van der Waals surface area contributed by atoms with Crippen LogP contribution in [0.5, 0.6) is 0 Å². The Morgan fingerprint density at radius 3 is 2.37 bits per heavy atom. The van der Waals surface area contributed by atoms with Crippen LogP contribution in [0.3, 0.4) is 0 Å². The molecule has 8 heteroatoms. The SMILES string of the molecule is C[C@@H](OC(=O)c1cc2ccccc2[nH]1)C(=O)Nc1ccc(C(F)(F)F)cc1. The van der Waals surface area contributed by atoms with E-state index >= 15 is 0 Å². The van der Waals surface area contributed by atoms with E-state index < -0.39 is 29.7 Å². The lowest BCUT2D eigenvalue weighted by Crippen LogP contribution is -2.30. The molecular weight excluding hydrogens is 361 g/mol. The molecule has 0 saturated carbocycles. The lowest BCUT2D eigenvalue weighted by Gasteiger charge is -2.13. The number of amides is 1. The molecule has 0 fully saturated rings. The van der Waals surface area contributed by atoms with Crippen LogP contribution < -0.4 is 5.32 Å². The molecule has 1 amide bonds. The van der Waals surface area contributed by atoms with Crippen LogP contribution in [0.25, 0.3) is 10.9 Å². The van der Waals surface area contributed by atoms with Crippen LogP contribution in [0.4, 0.5) is 18.9 Å². The van der Waals surface area contributed by atoms with Crippen LogP contribution in [-0.4, -0.2) is 23.0 Å². The number of halogens is 3. The first-order valence-corrected chi connectivity index (χ1v) is 8.01. The van der Waals surface area contributed by atoms with Gasteiger partial charge in [-0.2, -0.15) is 13.2 Å². The van der Waals surface area contributed by atoms with Crippen LogP contribution in [0, 0.1) is 0 Å². The summed E-state index contributed by atoms with van der Waals surface area (Å²) in [7, 11) is 0. The minimum absolute atomic E-state index is 0.168. The summed E-state index contributed by atoms with van der Waals surface area (Å²) < 4.78 is 42.7. The monoisotopic (exact) mass is 376 g/mol. The Hall–Kier alpha value is -3.29. The second-order valence-electron chi connectivity index (χ2n) is 5.88. The topological polar surface area (TPSA) is 71.2 Å². The third-order valence-corrected chi connectivity index (χ3v) is 3.88. The number of fused-ring (bicyclic) bond motifs is 1. The molecule has 0 saturated heterocycles. The summed E-state index contributed by atoms with van der Waals surface area (Å²) in [5.74, 6) is -1.36. The van der Waals surface area contributed by atoms with Gasteiger partial charge in [0.15, 0.2) is 6.10 Å². The molecule has 0 spiro atoms. The Kier molecular flexibility index (Phi) is 4.89. The number of H-pyrrole nitrogens is 1. The lowest BCUT2D eigenvalue weighted by atomic mass is 10.2. The number of nitrogens with one attached hydrogen (secondary N) is 2. The van der Waals surface area contributed by atoms with Crippen molar-refractivity contribution in [3.8, 4) is 0 Å². The first-order valence-electron chi connectivity index (χ1n) is 8.01. The van der Waals surface area contributed by atoms with E-state index in [0.29, 0.717) is 0 Å². The van der Waals surface area contributed by atoms with Crippen LogP contribution >= 0.6 is 0 Å². The number of para-hydroxylation sites is 1. The maximum Gasteiger partial charge on any atom is 0.416 e. The highest BCUT2D eigenvalue weighted by Gasteiger charge is 2.30. The fraction of sp³-hybridized carbons (Fsp3) is 0.158. The summed E-state index contributed by atoms with van der Waals surface area (Å²) in [5.41, 5.74) is 0.303. The quantitative estimate of drug-likeness (QED) is 0.664. The van der Waals surface area contributed by atoms with Gasteiger partial charge in [-0.25, -0.2) is 4.79 Å². The van der Waals surface area contributed by atoms with Crippen molar-refractivity contribution < 1.29 is 27.5 Å². The summed E-state index contributed by atoms with van der Waals surface area (Å²) in [6.45, 7) is 1.37. The van der Waals surface area contributed by atoms with Crippen molar-refractivity contribution in [2.75, 3.05) is 5.32 Å². The molecule has 2 N–H and O–H groups in total. The summed E-state index contributed by atoms with van der Waals surface area (Å²) in [6, 6.07) is 12.8. The van der Waals surface area contributed by atoms with Crippen molar-refractivity contribution >= 4 is 28.5 Å². The van der Waals surface area contributed by atoms with E-state index in [-0.39, 0.29) is 11.4 Å². The second-order valence-corrected chi connectivity index (χ2v) is 5.88. The summed E-state index contributed by atoms with van der Waals surface area (Å²) in [6.07, 6.45) is -5.59. The third-order valence-electron chi connectivity index (χ3n) is 3.88. The first kappa shape index (κ1) is 18.5. The summed E-state index contributed by atoms with van der Waals surface area (Å²) in [5, 5.41) is 3.24. The van der Waals surface area contributed by atoms with Gasteiger partial charge in [0, 0.05) is 16.6 Å². The van der Waals surface area contributed by atoms with Crippen molar-refractivity contribution in [2.24, 2.45) is 0 Å². The van der Waals surface area contributed by atoms with E-state index in [2.05, 4.69) is 10.3 Å². The van der Waals surface area contributed by atoms with E-state index in [1.807, 2.05) is 18.2 Å². The molecule has 1 heterocycles. The molecule has 5 nitrogen and oxygen atoms in total. The minimum Gasteiger partial charge on any atom is -0.448 e. The number of anilines is 1. The van der Waals surface area contributed by atoms with Gasteiger partial charge in [-0.3, -0.25) is 4.79 Å². The third kappa shape index (κ3) is 4.28. The molecule has 0 radical (unpaired) electrons. The second kappa shape index (κ2) is 7.14. The van der Waals surface area contributed by atoms with Crippen LogP contribution in [0.2, 0.25) is 0 Å². The molecule has 2 aromatic carbocycles. The molecule has 0 aliphatic rings. The van der Waals surface area contributed by atoms with E-state index in [1.165, 1.54) is 6.92 Å². The van der Waals surface area contributed by atoms with Gasteiger partial charge in [0.2, 0.25) is 0 Å². The predicted octanol–water partition coefficient (Wildman–Crippen LogP) is 4.37. The van der Waals surface area contributed by atoms with Crippen molar-refractivity contribution in [3.05, 3.63) is 65.9 Å². The number of esters is 1. The molecule has 27 heavy (non-hydrogen) atoms. The van der Waals surface area contributed by atoms with Crippen molar-refractivity contribution in [2.45, 2.75) is 19.2 Å². The van der Waals surface area contributed by atoms with Crippen LogP contribution in [0.1, 0.15) is 23.0 Å². The highest BCUT2D eigenvalue weighted by Crippen LogP contribution is 2.29. The maximum absolute atomic E-state index is 12.5. The Balaban J connectivity index is 1.62. The average molecular weight is 376 g/mol. The number of aromatic nitrogens is 1. The Labute approximate surface area is 152 Å². The van der Waals surface area contributed by atoms with Gasteiger partial charge >= 0.3 is 12.1 Å². The molecule has 1 aromatic heterocycles. The number of rotatable bonds is 4. The van der Waals surface area contributed by atoms with E-state index in [9.17, 15) is 22.8 Å². The largest absolute Gasteiger partial charge is 0.448 e. The van der Waals surface area contributed by atoms with Gasteiger partial charge in [-0.15, -0.1) is 0 Å². The molecule has 0 unspecified atom stereocenters. The van der Waals surface area contributed by atoms with Crippen LogP contribution in [0.15, 0.2) is 54.6 Å². The molecule has 0 bridgehead atoms. The zero-order valence-electron chi connectivity index (χ0n) is 14.1. The first-order chi connectivity index (χ1) is 12.7. The molecular formula is C19H15F3N2O3. The number of aromatic amines is 1. The van der Waals surface area contributed by atoms with Gasteiger partial charge in [0.1, 0.15) is 5.69 Å². The Morgan fingerprint density at radius 1 is 1.07 bits per heavy atom. The summed E-state index contributed by atoms with van der Waals surface area (Å²) in [4.78, 5) is 27.2. The highest BCUT2D eigenvalue weighted by molar-refractivity contribution is 5.98. The van der Waals surface area contributed by atoms with E-state index in [4.69, 9.17) is 4.74 Å². The smallest absolute Gasteiger partial charge is 0.416 e. The Morgan fingerprint density at radius 2 is 1.74 bits per heavy atom. The molecule has 0 aliphatic heterocycles. The van der Waals surface area contributed by atoms with Gasteiger partial charge in [0.25, 0.3) is 5.91 Å². The maximum atomic E-state index is 12.5.